The second-order valence-electron chi connectivity index (χ2n) is 6.24. The van der Waals surface area contributed by atoms with Crippen molar-refractivity contribution in [2.24, 2.45) is 0 Å². The number of nitrogens with one attached hydrogen (secondary N) is 2. The molecule has 0 saturated heterocycles. The Morgan fingerprint density at radius 2 is 2.25 bits per heavy atom. The second kappa shape index (κ2) is 5.99. The van der Waals surface area contributed by atoms with Crippen LogP contribution in [0.4, 0.5) is 5.82 Å². The molecule has 7 nitrogen and oxygen atoms in total. The Morgan fingerprint density at radius 3 is 3.04 bits per heavy atom. The molecule has 3 heterocycles. The first-order chi connectivity index (χ1) is 11.7. The van der Waals surface area contributed by atoms with Crippen LogP contribution in [0.1, 0.15) is 25.7 Å². The average molecular weight is 325 g/mol. The lowest BCUT2D eigenvalue weighted by Gasteiger charge is -2.14. The van der Waals surface area contributed by atoms with Crippen molar-refractivity contribution in [1.82, 2.24) is 19.7 Å². The zero-order valence-electron chi connectivity index (χ0n) is 13.2. The predicted molar refractivity (Wildman–Crippen MR) is 90.8 cm³/mol. The van der Waals surface area contributed by atoms with Crippen LogP contribution >= 0.6 is 0 Å². The monoisotopic (exact) mass is 325 g/mol. The molecule has 1 saturated carbocycles. The lowest BCUT2D eigenvalue weighted by atomic mass is 10.1. The number of aromatic amines is 1. The summed E-state index contributed by atoms with van der Waals surface area (Å²) in [5, 5.41) is 17.6. The molecular formula is C17H19N5O2. The molecule has 0 bridgehead atoms. The van der Waals surface area contributed by atoms with E-state index in [2.05, 4.69) is 20.4 Å². The van der Waals surface area contributed by atoms with E-state index >= 15 is 0 Å². The van der Waals surface area contributed by atoms with E-state index < -0.39 is 5.97 Å². The van der Waals surface area contributed by atoms with Crippen molar-refractivity contribution in [3.63, 3.8) is 0 Å². The van der Waals surface area contributed by atoms with Crippen molar-refractivity contribution in [2.75, 3.05) is 5.32 Å². The van der Waals surface area contributed by atoms with E-state index in [1.54, 1.807) is 12.4 Å². The third-order valence-corrected chi connectivity index (χ3v) is 4.48. The largest absolute Gasteiger partial charge is 0.480 e. The van der Waals surface area contributed by atoms with Crippen LogP contribution in [-0.2, 0) is 11.3 Å². The van der Waals surface area contributed by atoms with Crippen LogP contribution < -0.4 is 5.32 Å². The molecule has 0 spiro atoms. The Labute approximate surface area is 138 Å². The average Bonchev–Trinajstić information content (AvgIpc) is 3.26. The molecule has 1 aliphatic rings. The highest BCUT2D eigenvalue weighted by Gasteiger charge is 2.17. The number of rotatable bonds is 5. The van der Waals surface area contributed by atoms with E-state index in [9.17, 15) is 4.79 Å². The number of pyridine rings is 1. The van der Waals surface area contributed by atoms with Crippen molar-refractivity contribution in [1.29, 1.82) is 0 Å². The van der Waals surface area contributed by atoms with Gasteiger partial charge in [0.2, 0.25) is 0 Å². The number of carboxylic acid groups (broad SMARTS) is 1. The van der Waals surface area contributed by atoms with Crippen LogP contribution in [0.5, 0.6) is 0 Å². The number of anilines is 1. The quantitative estimate of drug-likeness (QED) is 0.670. The summed E-state index contributed by atoms with van der Waals surface area (Å²) in [5.74, 6) is -0.0624. The van der Waals surface area contributed by atoms with Gasteiger partial charge in [-0.2, -0.15) is 5.10 Å². The summed E-state index contributed by atoms with van der Waals surface area (Å²) in [5.41, 5.74) is 2.70. The number of carboxylic acids is 1. The highest BCUT2D eigenvalue weighted by Crippen LogP contribution is 2.31. The molecule has 0 aliphatic heterocycles. The minimum Gasteiger partial charge on any atom is -0.480 e. The van der Waals surface area contributed by atoms with E-state index in [1.807, 2.05) is 18.3 Å². The number of hydrogen-bond acceptors (Lipinski definition) is 4. The van der Waals surface area contributed by atoms with Crippen molar-refractivity contribution >= 4 is 22.8 Å². The van der Waals surface area contributed by atoms with Crippen molar-refractivity contribution in [3.05, 3.63) is 30.7 Å². The van der Waals surface area contributed by atoms with Crippen LogP contribution in [0.25, 0.3) is 22.2 Å². The third kappa shape index (κ3) is 2.84. The van der Waals surface area contributed by atoms with Gasteiger partial charge in [-0.3, -0.25) is 9.48 Å². The van der Waals surface area contributed by atoms with Crippen LogP contribution in [0.15, 0.2) is 30.7 Å². The van der Waals surface area contributed by atoms with E-state index in [0.717, 1.165) is 28.0 Å². The first kappa shape index (κ1) is 14.7. The number of H-pyrrole nitrogens is 1. The summed E-state index contributed by atoms with van der Waals surface area (Å²) < 4.78 is 1.43. The SMILES string of the molecule is O=C(O)Cn1cc(-c2cc(NC3CCCC3)nc3[nH]ccc23)cn1. The smallest absolute Gasteiger partial charge is 0.325 e. The van der Waals surface area contributed by atoms with Gasteiger partial charge >= 0.3 is 5.97 Å². The molecule has 1 aliphatic carbocycles. The van der Waals surface area contributed by atoms with Gasteiger partial charge in [0.25, 0.3) is 0 Å². The fraction of sp³-hybridized carbons (Fsp3) is 0.353. The number of hydrogen-bond donors (Lipinski definition) is 3. The molecule has 0 atom stereocenters. The maximum Gasteiger partial charge on any atom is 0.325 e. The number of aliphatic carboxylic acids is 1. The predicted octanol–water partition coefficient (Wildman–Crippen LogP) is 2.87. The van der Waals surface area contributed by atoms with E-state index in [0.29, 0.717) is 6.04 Å². The first-order valence-electron chi connectivity index (χ1n) is 8.18. The summed E-state index contributed by atoms with van der Waals surface area (Å²) in [6.07, 6.45) is 10.2. The van der Waals surface area contributed by atoms with E-state index in [1.165, 1.54) is 30.4 Å². The highest BCUT2D eigenvalue weighted by atomic mass is 16.4. The summed E-state index contributed by atoms with van der Waals surface area (Å²) in [6.45, 7) is -0.144. The third-order valence-electron chi connectivity index (χ3n) is 4.48. The fourth-order valence-electron chi connectivity index (χ4n) is 3.36. The number of aromatic nitrogens is 4. The fourth-order valence-corrected chi connectivity index (χ4v) is 3.36. The van der Waals surface area contributed by atoms with Gasteiger partial charge in [0.15, 0.2) is 0 Å². The Morgan fingerprint density at radius 1 is 1.42 bits per heavy atom. The van der Waals surface area contributed by atoms with Crippen LogP contribution in [0, 0.1) is 0 Å². The molecule has 0 amide bonds. The van der Waals surface area contributed by atoms with Crippen molar-refractivity contribution in [3.8, 4) is 11.1 Å². The maximum absolute atomic E-state index is 10.8. The summed E-state index contributed by atoms with van der Waals surface area (Å²) >= 11 is 0. The summed E-state index contributed by atoms with van der Waals surface area (Å²) in [4.78, 5) is 18.7. The van der Waals surface area contributed by atoms with Gasteiger partial charge in [0, 0.05) is 29.4 Å². The van der Waals surface area contributed by atoms with Gasteiger partial charge in [-0.1, -0.05) is 12.8 Å². The van der Waals surface area contributed by atoms with Gasteiger partial charge in [0.05, 0.1) is 6.20 Å². The van der Waals surface area contributed by atoms with Crippen LogP contribution in [-0.4, -0.2) is 36.9 Å². The van der Waals surface area contributed by atoms with Crippen LogP contribution in [0.3, 0.4) is 0 Å². The number of carbonyl (C=O) groups is 1. The van der Waals surface area contributed by atoms with Gasteiger partial charge < -0.3 is 15.4 Å². The Bertz CT molecular complexity index is 876. The lowest BCUT2D eigenvalue weighted by Crippen LogP contribution is -2.15. The summed E-state index contributed by atoms with van der Waals surface area (Å²) in [6, 6.07) is 4.48. The zero-order valence-corrected chi connectivity index (χ0v) is 13.2. The van der Waals surface area contributed by atoms with Gasteiger partial charge in [-0.25, -0.2) is 4.98 Å². The minimum atomic E-state index is -0.908. The molecule has 3 aromatic rings. The molecular weight excluding hydrogens is 306 g/mol. The van der Waals surface area contributed by atoms with Crippen molar-refractivity contribution < 1.29 is 9.90 Å². The van der Waals surface area contributed by atoms with Crippen LogP contribution in [0.2, 0.25) is 0 Å². The van der Waals surface area contributed by atoms with Gasteiger partial charge in [-0.15, -0.1) is 0 Å². The van der Waals surface area contributed by atoms with E-state index in [-0.39, 0.29) is 6.54 Å². The molecule has 0 unspecified atom stereocenters. The molecule has 24 heavy (non-hydrogen) atoms. The van der Waals surface area contributed by atoms with Gasteiger partial charge in [0.1, 0.15) is 18.0 Å². The molecule has 1 fully saturated rings. The second-order valence-corrected chi connectivity index (χ2v) is 6.24. The topological polar surface area (TPSA) is 95.8 Å². The number of nitrogens with zero attached hydrogens (tertiary/aromatic N) is 3. The maximum atomic E-state index is 10.8. The van der Waals surface area contributed by atoms with E-state index in [4.69, 9.17) is 5.11 Å². The highest BCUT2D eigenvalue weighted by molar-refractivity contribution is 5.94. The molecule has 0 aromatic carbocycles. The van der Waals surface area contributed by atoms with Crippen molar-refractivity contribution in [2.45, 2.75) is 38.3 Å². The summed E-state index contributed by atoms with van der Waals surface area (Å²) in [7, 11) is 0. The first-order valence-corrected chi connectivity index (χ1v) is 8.18. The van der Waals surface area contributed by atoms with Gasteiger partial charge in [-0.05, 0) is 30.5 Å². The zero-order chi connectivity index (χ0) is 16.5. The molecule has 0 radical (unpaired) electrons. The number of fused-ring (bicyclic) bond motifs is 1. The molecule has 124 valence electrons. The molecule has 7 heteroatoms. The normalized spacial score (nSPS) is 15.2. The lowest BCUT2D eigenvalue weighted by molar-refractivity contribution is -0.137. The Balaban J connectivity index is 1.71. The molecule has 3 N–H and O–H groups in total. The standard InChI is InChI=1S/C17H19N5O2/c23-16(24)10-22-9-11(8-19-22)14-7-15(20-12-3-1-2-4-12)21-17-13(14)5-6-18-17/h5-9,12H,1-4,10H2,(H,23,24)(H2,18,20,21). The molecule has 4 rings (SSSR count). The Kier molecular flexibility index (Phi) is 3.68. The molecule has 3 aromatic heterocycles. The minimum absolute atomic E-state index is 0.144. The Hall–Kier alpha value is -2.83.